The first kappa shape index (κ1) is 12.2. The van der Waals surface area contributed by atoms with E-state index in [1.807, 2.05) is 6.92 Å². The molecule has 72 valence electrons. The number of hydrogen-bond donors (Lipinski definition) is 1. The molecule has 12 heavy (non-hydrogen) atoms. The average Bonchev–Trinajstić information content (AvgIpc) is 2.04. The van der Waals surface area contributed by atoms with Crippen LogP contribution in [0.2, 0.25) is 0 Å². The Labute approximate surface area is 83.9 Å². The van der Waals surface area contributed by atoms with Crippen LogP contribution in [0.3, 0.4) is 0 Å². The van der Waals surface area contributed by atoms with Crippen molar-refractivity contribution in [2.45, 2.75) is 12.3 Å². The van der Waals surface area contributed by atoms with E-state index in [4.69, 9.17) is 27.9 Å². The molecule has 2 nitrogen and oxygen atoms in total. The van der Waals surface area contributed by atoms with E-state index in [9.17, 15) is 0 Å². The Bertz CT molecular complexity index is 139. The third-order valence-corrected chi connectivity index (χ3v) is 1.96. The van der Waals surface area contributed by atoms with Gasteiger partial charge >= 0.3 is 0 Å². The number of methoxy groups -OCH3 is 1. The summed E-state index contributed by atoms with van der Waals surface area (Å²) in [6.07, 6.45) is 0. The lowest BCUT2D eigenvalue weighted by Crippen LogP contribution is -2.27. The number of hydrogen-bond acceptors (Lipinski definition) is 2. The molecule has 0 fully saturated rings. The second-order valence-electron chi connectivity index (χ2n) is 2.64. The molecule has 0 aliphatic rings. The van der Waals surface area contributed by atoms with Crippen molar-refractivity contribution in [1.29, 1.82) is 0 Å². The van der Waals surface area contributed by atoms with Gasteiger partial charge in [0.15, 0.2) is 0 Å². The fraction of sp³-hybridized carbons (Fsp3) is 0.750. The highest BCUT2D eigenvalue weighted by atomic mass is 35.5. The second kappa shape index (κ2) is 7.87. The van der Waals surface area contributed by atoms with E-state index in [-0.39, 0.29) is 5.38 Å². The van der Waals surface area contributed by atoms with Gasteiger partial charge in [-0.3, -0.25) is 0 Å². The standard InChI is InChI=1S/C8H15Cl2NO/c1-7(3-9)4-11-5-8(10)6-12-2/h3,8,11H,4-6H2,1-2H3. The monoisotopic (exact) mass is 211 g/mol. The first-order chi connectivity index (χ1) is 5.70. The molecule has 0 rings (SSSR count). The summed E-state index contributed by atoms with van der Waals surface area (Å²) in [6, 6.07) is 0. The minimum atomic E-state index is 0.0260. The Kier molecular flexibility index (Phi) is 8.02. The highest BCUT2D eigenvalue weighted by molar-refractivity contribution is 6.25. The van der Waals surface area contributed by atoms with Crippen LogP contribution < -0.4 is 5.32 Å². The van der Waals surface area contributed by atoms with Gasteiger partial charge in [-0.15, -0.1) is 11.6 Å². The molecule has 0 saturated heterocycles. The summed E-state index contributed by atoms with van der Waals surface area (Å²) in [5, 5.41) is 3.18. The fourth-order valence-electron chi connectivity index (χ4n) is 0.704. The Morgan fingerprint density at radius 1 is 1.67 bits per heavy atom. The lowest BCUT2D eigenvalue weighted by molar-refractivity contribution is 0.197. The number of ether oxygens (including phenoxy) is 1. The smallest absolute Gasteiger partial charge is 0.0694 e. The zero-order valence-electron chi connectivity index (χ0n) is 7.44. The number of alkyl halides is 1. The summed E-state index contributed by atoms with van der Waals surface area (Å²) in [5.74, 6) is 0. The summed E-state index contributed by atoms with van der Waals surface area (Å²) < 4.78 is 4.87. The SMILES string of the molecule is COCC(Cl)CNCC(C)=CCl. The van der Waals surface area contributed by atoms with Crippen LogP contribution in [0.25, 0.3) is 0 Å². The first-order valence-electron chi connectivity index (χ1n) is 3.80. The van der Waals surface area contributed by atoms with Crippen molar-refractivity contribution in [2.24, 2.45) is 0 Å². The van der Waals surface area contributed by atoms with Crippen molar-refractivity contribution >= 4 is 23.2 Å². The normalized spacial score (nSPS) is 14.8. The van der Waals surface area contributed by atoms with E-state index in [2.05, 4.69) is 5.32 Å². The van der Waals surface area contributed by atoms with E-state index in [1.165, 1.54) is 0 Å². The molecule has 0 aromatic rings. The Balaban J connectivity index is 3.30. The van der Waals surface area contributed by atoms with Crippen LogP contribution in [0.1, 0.15) is 6.92 Å². The lowest BCUT2D eigenvalue weighted by Gasteiger charge is -2.09. The molecule has 1 unspecified atom stereocenters. The maximum Gasteiger partial charge on any atom is 0.0694 e. The van der Waals surface area contributed by atoms with Crippen LogP contribution in [0.4, 0.5) is 0 Å². The van der Waals surface area contributed by atoms with Crippen LogP contribution >= 0.6 is 23.2 Å². The minimum absolute atomic E-state index is 0.0260. The van der Waals surface area contributed by atoms with Gasteiger partial charge in [-0.05, 0) is 12.5 Å². The highest BCUT2D eigenvalue weighted by Gasteiger charge is 2.01. The van der Waals surface area contributed by atoms with E-state index in [0.717, 1.165) is 18.7 Å². The number of halogens is 2. The molecule has 0 bridgehead atoms. The van der Waals surface area contributed by atoms with Gasteiger partial charge in [0.2, 0.25) is 0 Å². The summed E-state index contributed by atoms with van der Waals surface area (Å²) in [5.41, 5.74) is 2.66. The average molecular weight is 212 g/mol. The summed E-state index contributed by atoms with van der Waals surface area (Å²) in [4.78, 5) is 0. The lowest BCUT2D eigenvalue weighted by atomic mass is 10.3. The van der Waals surface area contributed by atoms with Crippen LogP contribution in [-0.4, -0.2) is 32.2 Å². The fourth-order valence-corrected chi connectivity index (χ4v) is 1.02. The van der Waals surface area contributed by atoms with Crippen LogP contribution in [0.15, 0.2) is 11.1 Å². The van der Waals surface area contributed by atoms with Crippen molar-refractivity contribution in [3.05, 3.63) is 11.1 Å². The molecule has 0 aromatic heterocycles. The van der Waals surface area contributed by atoms with Gasteiger partial charge < -0.3 is 10.1 Å². The number of nitrogens with one attached hydrogen (secondary N) is 1. The van der Waals surface area contributed by atoms with Crippen molar-refractivity contribution in [3.8, 4) is 0 Å². The topological polar surface area (TPSA) is 21.3 Å². The molecule has 1 N–H and O–H groups in total. The van der Waals surface area contributed by atoms with Gasteiger partial charge in [0.25, 0.3) is 0 Å². The highest BCUT2D eigenvalue weighted by Crippen LogP contribution is 1.96. The maximum absolute atomic E-state index is 5.87. The molecule has 0 aromatic carbocycles. The van der Waals surface area contributed by atoms with Gasteiger partial charge in [0, 0.05) is 25.7 Å². The van der Waals surface area contributed by atoms with Crippen molar-refractivity contribution < 1.29 is 4.74 Å². The van der Waals surface area contributed by atoms with Gasteiger partial charge in [-0.25, -0.2) is 0 Å². The van der Waals surface area contributed by atoms with Crippen molar-refractivity contribution in [2.75, 3.05) is 26.8 Å². The van der Waals surface area contributed by atoms with Crippen LogP contribution in [0, 0.1) is 0 Å². The summed E-state index contributed by atoms with van der Waals surface area (Å²) in [6.45, 7) is 4.03. The maximum atomic E-state index is 5.87. The quantitative estimate of drug-likeness (QED) is 0.679. The molecule has 0 saturated carbocycles. The van der Waals surface area contributed by atoms with E-state index in [0.29, 0.717) is 6.61 Å². The molecular weight excluding hydrogens is 197 g/mol. The Hall–Kier alpha value is 0.240. The third kappa shape index (κ3) is 6.92. The van der Waals surface area contributed by atoms with Crippen molar-refractivity contribution in [3.63, 3.8) is 0 Å². The minimum Gasteiger partial charge on any atom is -0.383 e. The Morgan fingerprint density at radius 3 is 2.83 bits per heavy atom. The van der Waals surface area contributed by atoms with Crippen molar-refractivity contribution in [1.82, 2.24) is 5.32 Å². The molecule has 0 aliphatic heterocycles. The van der Waals surface area contributed by atoms with Gasteiger partial charge in [-0.2, -0.15) is 0 Å². The van der Waals surface area contributed by atoms with Crippen LogP contribution in [-0.2, 0) is 4.74 Å². The Morgan fingerprint density at radius 2 is 2.33 bits per heavy atom. The number of rotatable bonds is 6. The van der Waals surface area contributed by atoms with E-state index in [1.54, 1.807) is 12.6 Å². The molecule has 0 heterocycles. The molecule has 4 heteroatoms. The molecule has 1 atom stereocenters. The summed E-state index contributed by atoms with van der Waals surface area (Å²) in [7, 11) is 1.64. The summed E-state index contributed by atoms with van der Waals surface area (Å²) >= 11 is 11.3. The molecule has 0 radical (unpaired) electrons. The zero-order chi connectivity index (χ0) is 9.40. The molecule has 0 spiro atoms. The predicted octanol–water partition coefficient (Wildman–Crippen LogP) is 1.97. The largest absolute Gasteiger partial charge is 0.383 e. The van der Waals surface area contributed by atoms with E-state index >= 15 is 0 Å². The third-order valence-electron chi connectivity index (χ3n) is 1.30. The second-order valence-corrected chi connectivity index (χ2v) is 3.47. The predicted molar refractivity (Wildman–Crippen MR) is 54.0 cm³/mol. The van der Waals surface area contributed by atoms with Gasteiger partial charge in [0.05, 0.1) is 12.0 Å². The van der Waals surface area contributed by atoms with Gasteiger partial charge in [-0.1, -0.05) is 11.6 Å². The molecule has 0 aliphatic carbocycles. The van der Waals surface area contributed by atoms with Crippen LogP contribution in [0.5, 0.6) is 0 Å². The zero-order valence-corrected chi connectivity index (χ0v) is 8.95. The first-order valence-corrected chi connectivity index (χ1v) is 4.67. The molecule has 0 amide bonds. The molecular formula is C8H15Cl2NO. The van der Waals surface area contributed by atoms with E-state index < -0.39 is 0 Å². The van der Waals surface area contributed by atoms with Gasteiger partial charge in [0.1, 0.15) is 0 Å².